The lowest BCUT2D eigenvalue weighted by Crippen LogP contribution is -2.34. The van der Waals surface area contributed by atoms with Crippen LogP contribution >= 0.6 is 0 Å². The van der Waals surface area contributed by atoms with Crippen LogP contribution in [-0.4, -0.2) is 29.4 Å². The highest BCUT2D eigenvalue weighted by molar-refractivity contribution is 5.94. The van der Waals surface area contributed by atoms with Crippen molar-refractivity contribution < 1.29 is 9.53 Å². The summed E-state index contributed by atoms with van der Waals surface area (Å²) in [4.78, 5) is 12.1. The number of aromatic amines is 1. The number of aryl methyl sites for hydroxylation is 1. The number of aromatic nitrogens is 2. The number of hydrogen-bond acceptors (Lipinski definition) is 3. The van der Waals surface area contributed by atoms with Crippen LogP contribution in [0, 0.1) is 0 Å². The van der Waals surface area contributed by atoms with Crippen molar-refractivity contribution in [1.29, 1.82) is 0 Å². The van der Waals surface area contributed by atoms with E-state index in [9.17, 15) is 4.79 Å². The summed E-state index contributed by atoms with van der Waals surface area (Å²) in [6.07, 6.45) is 1.77. The van der Waals surface area contributed by atoms with Gasteiger partial charge in [0.15, 0.2) is 0 Å². The summed E-state index contributed by atoms with van der Waals surface area (Å²) in [7, 11) is 1.63. The molecule has 0 aliphatic carbocycles. The van der Waals surface area contributed by atoms with Crippen molar-refractivity contribution in [1.82, 2.24) is 15.5 Å². The lowest BCUT2D eigenvalue weighted by molar-refractivity contribution is 0.250. The molecule has 6 nitrogen and oxygen atoms in total. The third-order valence-electron chi connectivity index (χ3n) is 3.34. The van der Waals surface area contributed by atoms with Gasteiger partial charge in [-0.25, -0.2) is 4.79 Å². The van der Waals surface area contributed by atoms with Crippen molar-refractivity contribution in [2.75, 3.05) is 12.4 Å². The average molecular weight is 316 g/mol. The highest BCUT2D eigenvalue weighted by atomic mass is 16.5. The van der Waals surface area contributed by atoms with Gasteiger partial charge in [-0.3, -0.25) is 5.10 Å². The topological polar surface area (TPSA) is 79.0 Å². The van der Waals surface area contributed by atoms with Gasteiger partial charge in [0.25, 0.3) is 0 Å². The van der Waals surface area contributed by atoms with E-state index in [0.717, 1.165) is 35.5 Å². The van der Waals surface area contributed by atoms with E-state index >= 15 is 0 Å². The van der Waals surface area contributed by atoms with Crippen LogP contribution < -0.4 is 15.4 Å². The van der Waals surface area contributed by atoms with Crippen molar-refractivity contribution in [3.63, 3.8) is 0 Å². The van der Waals surface area contributed by atoms with Crippen molar-refractivity contribution in [3.05, 3.63) is 30.0 Å². The number of H-pyrrole nitrogens is 1. The van der Waals surface area contributed by atoms with Crippen LogP contribution in [0.3, 0.4) is 0 Å². The summed E-state index contributed by atoms with van der Waals surface area (Å²) in [5, 5.41) is 13.2. The van der Waals surface area contributed by atoms with E-state index in [4.69, 9.17) is 4.74 Å². The van der Waals surface area contributed by atoms with Gasteiger partial charge in [0.2, 0.25) is 0 Å². The van der Waals surface area contributed by atoms with Crippen molar-refractivity contribution in [2.24, 2.45) is 0 Å². The van der Waals surface area contributed by atoms with Gasteiger partial charge in [0, 0.05) is 11.6 Å². The Balaban J connectivity index is 2.37. The van der Waals surface area contributed by atoms with Crippen LogP contribution in [0.25, 0.3) is 11.3 Å². The number of anilines is 1. The molecule has 0 saturated carbocycles. The van der Waals surface area contributed by atoms with Gasteiger partial charge in [-0.2, -0.15) is 5.10 Å². The SMILES string of the molecule is CCCc1[nH]nc(-c2cccc(OC)c2)c1NC(=O)NC(C)C. The number of carbonyl (C=O) groups excluding carboxylic acids is 1. The first-order valence-electron chi connectivity index (χ1n) is 7.84. The zero-order chi connectivity index (χ0) is 16.8. The minimum Gasteiger partial charge on any atom is -0.497 e. The molecule has 2 amide bonds. The van der Waals surface area contributed by atoms with Crippen molar-refractivity contribution in [3.8, 4) is 17.0 Å². The lowest BCUT2D eigenvalue weighted by Gasteiger charge is -2.12. The standard InChI is InChI=1S/C17H24N4O2/c1-5-7-14-16(19-17(22)18-11(2)3)15(21-20-14)12-8-6-9-13(10-12)23-4/h6,8-11H,5,7H2,1-4H3,(H,20,21)(H2,18,19,22). The van der Waals surface area contributed by atoms with E-state index in [0.29, 0.717) is 5.69 Å². The summed E-state index contributed by atoms with van der Waals surface area (Å²) >= 11 is 0. The minimum absolute atomic E-state index is 0.0665. The van der Waals surface area contributed by atoms with Gasteiger partial charge >= 0.3 is 6.03 Å². The molecule has 1 aromatic carbocycles. The lowest BCUT2D eigenvalue weighted by atomic mass is 10.1. The maximum atomic E-state index is 12.1. The number of hydrogen-bond donors (Lipinski definition) is 3. The Labute approximate surface area is 136 Å². The molecule has 0 aliphatic heterocycles. The summed E-state index contributed by atoms with van der Waals surface area (Å²) in [5.74, 6) is 0.750. The van der Waals surface area contributed by atoms with Crippen molar-refractivity contribution in [2.45, 2.75) is 39.7 Å². The zero-order valence-electron chi connectivity index (χ0n) is 14.1. The zero-order valence-corrected chi connectivity index (χ0v) is 14.1. The Morgan fingerprint density at radius 3 is 2.83 bits per heavy atom. The second kappa shape index (κ2) is 7.67. The fourth-order valence-electron chi connectivity index (χ4n) is 2.33. The minimum atomic E-state index is -0.233. The average Bonchev–Trinajstić information content (AvgIpc) is 2.89. The molecule has 2 rings (SSSR count). The Kier molecular flexibility index (Phi) is 5.62. The number of ether oxygens (including phenoxy) is 1. The monoisotopic (exact) mass is 316 g/mol. The molecule has 0 atom stereocenters. The van der Waals surface area contributed by atoms with E-state index in [1.807, 2.05) is 38.1 Å². The maximum Gasteiger partial charge on any atom is 0.319 e. The largest absolute Gasteiger partial charge is 0.497 e. The highest BCUT2D eigenvalue weighted by Gasteiger charge is 2.17. The van der Waals surface area contributed by atoms with Crippen LogP contribution in [-0.2, 0) is 6.42 Å². The Bertz CT molecular complexity index is 664. The number of amides is 2. The van der Waals surface area contributed by atoms with Crippen LogP contribution in [0.5, 0.6) is 5.75 Å². The second-order valence-electron chi connectivity index (χ2n) is 5.66. The normalized spacial score (nSPS) is 10.7. The van der Waals surface area contributed by atoms with Crippen LogP contribution in [0.15, 0.2) is 24.3 Å². The molecule has 0 fully saturated rings. The molecular weight excluding hydrogens is 292 g/mol. The molecule has 6 heteroatoms. The Hall–Kier alpha value is -2.50. The fourth-order valence-corrected chi connectivity index (χ4v) is 2.33. The molecule has 3 N–H and O–H groups in total. The van der Waals surface area contributed by atoms with Gasteiger partial charge in [0.05, 0.1) is 18.5 Å². The summed E-state index contributed by atoms with van der Waals surface area (Å²) < 4.78 is 5.27. The molecule has 0 aliphatic rings. The smallest absolute Gasteiger partial charge is 0.319 e. The van der Waals surface area contributed by atoms with Gasteiger partial charge in [-0.15, -0.1) is 0 Å². The van der Waals surface area contributed by atoms with Gasteiger partial charge in [0.1, 0.15) is 11.4 Å². The molecule has 0 spiro atoms. The van der Waals surface area contributed by atoms with Gasteiger partial charge < -0.3 is 15.4 Å². The van der Waals surface area contributed by atoms with Crippen LogP contribution in [0.4, 0.5) is 10.5 Å². The molecule has 23 heavy (non-hydrogen) atoms. The predicted molar refractivity (Wildman–Crippen MR) is 91.9 cm³/mol. The highest BCUT2D eigenvalue weighted by Crippen LogP contribution is 2.31. The first-order chi connectivity index (χ1) is 11.0. The first-order valence-corrected chi connectivity index (χ1v) is 7.84. The number of rotatable bonds is 6. The quantitative estimate of drug-likeness (QED) is 0.762. The predicted octanol–water partition coefficient (Wildman–Crippen LogP) is 3.57. The molecule has 2 aromatic rings. The number of methoxy groups -OCH3 is 1. The number of nitrogens with one attached hydrogen (secondary N) is 3. The molecule has 0 unspecified atom stereocenters. The molecule has 0 radical (unpaired) electrons. The summed E-state index contributed by atoms with van der Waals surface area (Å²) in [6.45, 7) is 5.93. The summed E-state index contributed by atoms with van der Waals surface area (Å²) in [5.41, 5.74) is 3.25. The van der Waals surface area contributed by atoms with Gasteiger partial charge in [-0.1, -0.05) is 25.5 Å². The Morgan fingerprint density at radius 2 is 2.17 bits per heavy atom. The number of benzene rings is 1. The van der Waals surface area contributed by atoms with E-state index in [1.54, 1.807) is 7.11 Å². The number of carbonyl (C=O) groups is 1. The number of urea groups is 1. The fraction of sp³-hybridized carbons (Fsp3) is 0.412. The van der Waals surface area contributed by atoms with Crippen LogP contribution in [0.2, 0.25) is 0 Å². The molecular formula is C17H24N4O2. The molecule has 0 saturated heterocycles. The summed E-state index contributed by atoms with van der Waals surface area (Å²) in [6, 6.07) is 7.46. The first kappa shape index (κ1) is 16.9. The second-order valence-corrected chi connectivity index (χ2v) is 5.66. The molecule has 1 heterocycles. The maximum absolute atomic E-state index is 12.1. The number of nitrogens with zero attached hydrogens (tertiary/aromatic N) is 1. The van der Waals surface area contributed by atoms with E-state index in [2.05, 4.69) is 27.8 Å². The van der Waals surface area contributed by atoms with E-state index < -0.39 is 0 Å². The third kappa shape index (κ3) is 4.25. The molecule has 124 valence electrons. The molecule has 0 bridgehead atoms. The third-order valence-corrected chi connectivity index (χ3v) is 3.34. The molecule has 1 aromatic heterocycles. The van der Waals surface area contributed by atoms with E-state index in [-0.39, 0.29) is 12.1 Å². The Morgan fingerprint density at radius 1 is 1.39 bits per heavy atom. The van der Waals surface area contributed by atoms with Crippen molar-refractivity contribution >= 4 is 11.7 Å². The van der Waals surface area contributed by atoms with E-state index in [1.165, 1.54) is 0 Å². The van der Waals surface area contributed by atoms with Gasteiger partial charge in [-0.05, 0) is 32.4 Å². The van der Waals surface area contributed by atoms with Crippen LogP contribution in [0.1, 0.15) is 32.9 Å².